The van der Waals surface area contributed by atoms with Crippen molar-refractivity contribution in [3.8, 4) is 5.69 Å². The van der Waals surface area contributed by atoms with Crippen LogP contribution >= 0.6 is 11.6 Å². The van der Waals surface area contributed by atoms with Gasteiger partial charge >= 0.3 is 0 Å². The molecule has 4 rings (SSSR count). The first-order valence-electron chi connectivity index (χ1n) is 9.22. The van der Waals surface area contributed by atoms with Crippen LogP contribution in [0.2, 0.25) is 5.02 Å². The molecule has 146 valence electrons. The lowest BCUT2D eigenvalue weighted by Crippen LogP contribution is -2.15. The topological polar surface area (TPSA) is 64.7 Å². The Morgan fingerprint density at radius 3 is 2.45 bits per heavy atom. The summed E-state index contributed by atoms with van der Waals surface area (Å²) in [6, 6.07) is 19.1. The van der Waals surface area contributed by atoms with E-state index in [4.69, 9.17) is 11.6 Å². The highest BCUT2D eigenvalue weighted by molar-refractivity contribution is 6.30. The van der Waals surface area contributed by atoms with Crippen LogP contribution in [0, 0.1) is 13.8 Å². The fourth-order valence-electron chi connectivity index (χ4n) is 3.26. The predicted molar refractivity (Wildman–Crippen MR) is 114 cm³/mol. The Kier molecular flexibility index (Phi) is 5.18. The summed E-state index contributed by atoms with van der Waals surface area (Å²) in [6.07, 6.45) is 1.83. The van der Waals surface area contributed by atoms with Gasteiger partial charge in [-0.25, -0.2) is 4.68 Å². The van der Waals surface area contributed by atoms with Gasteiger partial charge < -0.3 is 5.32 Å². The van der Waals surface area contributed by atoms with Gasteiger partial charge in [-0.1, -0.05) is 41.9 Å². The first-order valence-corrected chi connectivity index (χ1v) is 9.60. The second-order valence-corrected chi connectivity index (χ2v) is 7.21. The first-order chi connectivity index (χ1) is 14.0. The predicted octanol–water partition coefficient (Wildman–Crippen LogP) is 4.64. The van der Waals surface area contributed by atoms with Crippen LogP contribution in [-0.4, -0.2) is 25.5 Å². The molecule has 0 saturated heterocycles. The smallest absolute Gasteiger partial charge is 0.260 e. The maximum atomic E-state index is 12.9. The van der Waals surface area contributed by atoms with Crippen LogP contribution < -0.4 is 5.32 Å². The Morgan fingerprint density at radius 1 is 1.00 bits per heavy atom. The SMILES string of the molecule is Cc1nn(-c2ccccc2)c(C)c1C(=O)Nc1ccn(Cc2ccc(Cl)cc2)n1. The number of benzene rings is 2. The van der Waals surface area contributed by atoms with Crippen LogP contribution in [0.1, 0.15) is 27.3 Å². The molecule has 2 aromatic heterocycles. The Hall–Kier alpha value is -3.38. The number of anilines is 1. The molecule has 0 aliphatic carbocycles. The van der Waals surface area contributed by atoms with Crippen molar-refractivity contribution in [3.63, 3.8) is 0 Å². The molecule has 1 amide bonds. The van der Waals surface area contributed by atoms with Gasteiger partial charge in [0.2, 0.25) is 0 Å². The average Bonchev–Trinajstić information content (AvgIpc) is 3.27. The van der Waals surface area contributed by atoms with Gasteiger partial charge in [-0.3, -0.25) is 9.48 Å². The van der Waals surface area contributed by atoms with Crippen LogP contribution in [0.5, 0.6) is 0 Å². The Bertz CT molecular complexity index is 1150. The second kappa shape index (κ2) is 7.93. The molecule has 0 spiro atoms. The molecule has 0 aliphatic heterocycles. The lowest BCUT2D eigenvalue weighted by molar-refractivity contribution is 0.102. The van der Waals surface area contributed by atoms with E-state index in [1.807, 2.05) is 74.6 Å². The van der Waals surface area contributed by atoms with Crippen molar-refractivity contribution in [1.29, 1.82) is 0 Å². The van der Waals surface area contributed by atoms with Crippen LogP contribution in [0.4, 0.5) is 5.82 Å². The fourth-order valence-corrected chi connectivity index (χ4v) is 3.39. The third-order valence-corrected chi connectivity index (χ3v) is 4.91. The Balaban J connectivity index is 1.51. The summed E-state index contributed by atoms with van der Waals surface area (Å²) >= 11 is 5.92. The van der Waals surface area contributed by atoms with Crippen molar-refractivity contribution in [2.75, 3.05) is 5.32 Å². The number of halogens is 1. The molecule has 2 aromatic carbocycles. The highest BCUT2D eigenvalue weighted by Gasteiger charge is 2.20. The van der Waals surface area contributed by atoms with Crippen LogP contribution in [0.25, 0.3) is 5.69 Å². The number of hydrogen-bond acceptors (Lipinski definition) is 3. The number of nitrogens with one attached hydrogen (secondary N) is 1. The minimum absolute atomic E-state index is 0.223. The molecule has 7 heteroatoms. The number of amides is 1. The lowest BCUT2D eigenvalue weighted by atomic mass is 10.2. The van der Waals surface area contributed by atoms with Gasteiger partial charge in [0.25, 0.3) is 5.91 Å². The van der Waals surface area contributed by atoms with E-state index >= 15 is 0 Å². The van der Waals surface area contributed by atoms with Crippen molar-refractivity contribution in [1.82, 2.24) is 19.6 Å². The van der Waals surface area contributed by atoms with E-state index in [1.54, 1.807) is 15.4 Å². The van der Waals surface area contributed by atoms with Crippen molar-refractivity contribution in [2.45, 2.75) is 20.4 Å². The average molecular weight is 406 g/mol. The highest BCUT2D eigenvalue weighted by Crippen LogP contribution is 2.19. The second-order valence-electron chi connectivity index (χ2n) is 6.77. The molecule has 4 aromatic rings. The van der Waals surface area contributed by atoms with Gasteiger partial charge in [-0.05, 0) is 43.7 Å². The summed E-state index contributed by atoms with van der Waals surface area (Å²) in [6.45, 7) is 4.32. The summed E-state index contributed by atoms with van der Waals surface area (Å²) in [7, 11) is 0. The fraction of sp³-hybridized carbons (Fsp3) is 0.136. The van der Waals surface area contributed by atoms with Crippen LogP contribution in [0.15, 0.2) is 66.9 Å². The van der Waals surface area contributed by atoms with Gasteiger partial charge in [0, 0.05) is 17.3 Å². The summed E-state index contributed by atoms with van der Waals surface area (Å²) < 4.78 is 3.55. The molecule has 0 bridgehead atoms. The zero-order chi connectivity index (χ0) is 20.4. The normalized spacial score (nSPS) is 10.9. The van der Waals surface area contributed by atoms with Gasteiger partial charge in [-0.15, -0.1) is 0 Å². The van der Waals surface area contributed by atoms with Gasteiger partial charge in [0.05, 0.1) is 29.2 Å². The summed E-state index contributed by atoms with van der Waals surface area (Å²) in [5.74, 6) is 0.272. The zero-order valence-electron chi connectivity index (χ0n) is 16.1. The number of aromatic nitrogens is 4. The molecule has 0 unspecified atom stereocenters. The first kappa shape index (κ1) is 19.0. The summed E-state index contributed by atoms with van der Waals surface area (Å²) in [5.41, 5.74) is 4.00. The van der Waals surface area contributed by atoms with E-state index in [1.165, 1.54) is 0 Å². The van der Waals surface area contributed by atoms with E-state index in [0.29, 0.717) is 28.6 Å². The molecule has 0 aliphatic rings. The minimum atomic E-state index is -0.223. The monoisotopic (exact) mass is 405 g/mol. The number of carbonyl (C=O) groups excluding carboxylic acids is 1. The van der Waals surface area contributed by atoms with Crippen molar-refractivity contribution in [3.05, 3.63) is 94.4 Å². The van der Waals surface area contributed by atoms with E-state index < -0.39 is 0 Å². The quantitative estimate of drug-likeness (QED) is 0.526. The largest absolute Gasteiger partial charge is 0.305 e. The molecule has 0 atom stereocenters. The number of nitrogens with zero attached hydrogens (tertiary/aromatic N) is 4. The third-order valence-electron chi connectivity index (χ3n) is 4.66. The van der Waals surface area contributed by atoms with Crippen molar-refractivity contribution >= 4 is 23.3 Å². The molecule has 1 N–H and O–H groups in total. The van der Waals surface area contributed by atoms with Gasteiger partial charge in [0.15, 0.2) is 5.82 Å². The number of rotatable bonds is 5. The number of hydrogen-bond donors (Lipinski definition) is 1. The maximum absolute atomic E-state index is 12.9. The Labute approximate surface area is 173 Å². The van der Waals surface area contributed by atoms with E-state index in [9.17, 15) is 4.79 Å². The number of carbonyl (C=O) groups is 1. The Morgan fingerprint density at radius 2 is 1.72 bits per heavy atom. The lowest BCUT2D eigenvalue weighted by Gasteiger charge is -2.05. The standard InChI is InChI=1S/C22H20ClN5O/c1-15-21(16(2)28(25-15)19-6-4-3-5-7-19)22(29)24-20-12-13-27(26-20)14-17-8-10-18(23)11-9-17/h3-13H,14H2,1-2H3,(H,24,26,29). The summed E-state index contributed by atoms with van der Waals surface area (Å²) in [4.78, 5) is 12.9. The molecular formula is C22H20ClN5O. The van der Waals surface area contributed by atoms with E-state index in [2.05, 4.69) is 15.5 Å². The molecular weight excluding hydrogens is 386 g/mol. The molecule has 6 nitrogen and oxygen atoms in total. The summed E-state index contributed by atoms with van der Waals surface area (Å²) in [5, 5.41) is 12.5. The van der Waals surface area contributed by atoms with E-state index in [0.717, 1.165) is 16.9 Å². The minimum Gasteiger partial charge on any atom is -0.305 e. The highest BCUT2D eigenvalue weighted by atomic mass is 35.5. The van der Waals surface area contributed by atoms with Gasteiger partial charge in [0.1, 0.15) is 0 Å². The zero-order valence-corrected chi connectivity index (χ0v) is 16.9. The molecule has 29 heavy (non-hydrogen) atoms. The third kappa shape index (κ3) is 4.07. The van der Waals surface area contributed by atoms with Crippen molar-refractivity contribution < 1.29 is 4.79 Å². The molecule has 2 heterocycles. The van der Waals surface area contributed by atoms with Gasteiger partial charge in [-0.2, -0.15) is 10.2 Å². The molecule has 0 saturated carbocycles. The number of para-hydroxylation sites is 1. The number of aryl methyl sites for hydroxylation is 1. The van der Waals surface area contributed by atoms with Crippen LogP contribution in [0.3, 0.4) is 0 Å². The van der Waals surface area contributed by atoms with Crippen LogP contribution in [-0.2, 0) is 6.54 Å². The molecule has 0 radical (unpaired) electrons. The maximum Gasteiger partial charge on any atom is 0.260 e. The van der Waals surface area contributed by atoms with Crippen molar-refractivity contribution in [2.24, 2.45) is 0 Å². The van der Waals surface area contributed by atoms with E-state index in [-0.39, 0.29) is 5.91 Å². The molecule has 0 fully saturated rings.